The first-order valence-corrected chi connectivity index (χ1v) is 11.0. The molecule has 32 heavy (non-hydrogen) atoms. The van der Waals surface area contributed by atoms with Gasteiger partial charge in [0.2, 0.25) is 6.79 Å². The number of aromatic nitrogens is 2. The van der Waals surface area contributed by atoms with Gasteiger partial charge in [-0.25, -0.2) is 9.78 Å². The molecule has 0 spiro atoms. The Kier molecular flexibility index (Phi) is 6.22. The van der Waals surface area contributed by atoms with Gasteiger partial charge in [-0.3, -0.25) is 9.36 Å². The Morgan fingerprint density at radius 1 is 1.16 bits per heavy atom. The maximum Gasteiger partial charge on any atom is 0.359 e. The van der Waals surface area contributed by atoms with E-state index >= 15 is 0 Å². The van der Waals surface area contributed by atoms with Gasteiger partial charge in [0.05, 0.1) is 19.4 Å². The molecule has 1 aromatic heterocycles. The van der Waals surface area contributed by atoms with Gasteiger partial charge in [0.1, 0.15) is 5.75 Å². The van der Waals surface area contributed by atoms with Gasteiger partial charge in [-0.15, -0.1) is 0 Å². The average molecular weight is 455 g/mol. The summed E-state index contributed by atoms with van der Waals surface area (Å²) in [7, 11) is 1.55. The van der Waals surface area contributed by atoms with Gasteiger partial charge in [0, 0.05) is 11.6 Å². The first-order chi connectivity index (χ1) is 15.5. The van der Waals surface area contributed by atoms with Crippen LogP contribution in [0.5, 0.6) is 17.2 Å². The smallest absolute Gasteiger partial charge is 0.359 e. The molecule has 1 aliphatic rings. The minimum absolute atomic E-state index is 0.103. The number of rotatable bonds is 7. The predicted octanol–water partition coefficient (Wildman–Crippen LogP) is 3.76. The van der Waals surface area contributed by atoms with Crippen LogP contribution in [-0.4, -0.2) is 48.2 Å². The summed E-state index contributed by atoms with van der Waals surface area (Å²) in [5.41, 5.74) is 1.12. The van der Waals surface area contributed by atoms with Gasteiger partial charge in [-0.2, -0.15) is 0 Å². The number of hydrogen-bond donors (Lipinski definition) is 1. The van der Waals surface area contributed by atoms with Gasteiger partial charge in [-0.05, 0) is 49.6 Å². The predicted molar refractivity (Wildman–Crippen MR) is 118 cm³/mol. The zero-order valence-electron chi connectivity index (χ0n) is 17.7. The van der Waals surface area contributed by atoms with Crippen molar-refractivity contribution >= 4 is 29.5 Å². The van der Waals surface area contributed by atoms with Crippen LogP contribution < -0.4 is 19.5 Å². The van der Waals surface area contributed by atoms with E-state index < -0.39 is 11.9 Å². The number of carbonyl (C=O) groups excluding carboxylic acids is 2. The summed E-state index contributed by atoms with van der Waals surface area (Å²) in [6, 6.07) is 11.9. The molecule has 0 radical (unpaired) electrons. The molecular weight excluding hydrogens is 434 g/mol. The number of amides is 1. The molecule has 4 rings (SSSR count). The highest BCUT2D eigenvalue weighted by Crippen LogP contribution is 2.36. The molecule has 1 aliphatic heterocycles. The van der Waals surface area contributed by atoms with Crippen LogP contribution >= 0.6 is 11.8 Å². The van der Waals surface area contributed by atoms with Gasteiger partial charge < -0.3 is 24.3 Å². The minimum atomic E-state index is -0.608. The topological polar surface area (TPSA) is 101 Å². The maximum atomic E-state index is 12.9. The van der Waals surface area contributed by atoms with Crippen LogP contribution in [0.25, 0.3) is 5.69 Å². The fourth-order valence-electron chi connectivity index (χ4n) is 3.20. The van der Waals surface area contributed by atoms with E-state index in [1.54, 1.807) is 61.1 Å². The molecule has 1 N–H and O–H groups in total. The lowest BCUT2D eigenvalue weighted by Crippen LogP contribution is -2.18. The number of hydrogen-bond acceptors (Lipinski definition) is 8. The number of methoxy groups -OCH3 is 1. The Morgan fingerprint density at radius 3 is 2.59 bits per heavy atom. The Morgan fingerprint density at radius 2 is 1.91 bits per heavy atom. The standard InChI is InChI=1S/C22H21N3O6S/c1-4-29-21(27)18-19(23-20(26)13-5-8-15(28-2)9-6-13)24-22(32-3)25(18)14-7-10-16-17(11-14)31-12-30-16/h5-11H,4,12H2,1-3H3,(H,23,26). The van der Waals surface area contributed by atoms with Crippen molar-refractivity contribution in [2.24, 2.45) is 0 Å². The van der Waals surface area contributed by atoms with Gasteiger partial charge in [0.15, 0.2) is 28.2 Å². The van der Waals surface area contributed by atoms with E-state index in [0.29, 0.717) is 33.7 Å². The summed E-state index contributed by atoms with van der Waals surface area (Å²) in [6.45, 7) is 2.02. The zero-order valence-corrected chi connectivity index (χ0v) is 18.5. The first-order valence-electron chi connectivity index (χ1n) is 9.75. The number of imidazole rings is 1. The molecule has 1 amide bonds. The zero-order chi connectivity index (χ0) is 22.7. The van der Waals surface area contributed by atoms with Crippen molar-refractivity contribution in [2.45, 2.75) is 12.1 Å². The number of ether oxygens (including phenoxy) is 4. The van der Waals surface area contributed by atoms with E-state index in [0.717, 1.165) is 0 Å². The van der Waals surface area contributed by atoms with Crippen molar-refractivity contribution in [3.63, 3.8) is 0 Å². The number of fused-ring (bicyclic) bond motifs is 1. The lowest BCUT2D eigenvalue weighted by Gasteiger charge is -2.12. The fourth-order valence-corrected chi connectivity index (χ4v) is 3.76. The SMILES string of the molecule is CCOC(=O)c1c(NC(=O)c2ccc(OC)cc2)nc(SC)n1-c1ccc2c(c1)OCO2. The lowest BCUT2D eigenvalue weighted by molar-refractivity contribution is 0.0517. The second kappa shape index (κ2) is 9.23. The van der Waals surface area contributed by atoms with Gasteiger partial charge in [0.25, 0.3) is 5.91 Å². The van der Waals surface area contributed by atoms with E-state index in [-0.39, 0.29) is 24.9 Å². The Labute approximate surface area is 188 Å². The molecule has 2 heterocycles. The summed E-state index contributed by atoms with van der Waals surface area (Å²) >= 11 is 1.33. The van der Waals surface area contributed by atoms with Crippen LogP contribution in [0.15, 0.2) is 47.6 Å². The number of anilines is 1. The van der Waals surface area contributed by atoms with Gasteiger partial charge in [-0.1, -0.05) is 11.8 Å². The number of nitrogens with zero attached hydrogens (tertiary/aromatic N) is 2. The third-order valence-corrected chi connectivity index (χ3v) is 5.34. The van der Waals surface area contributed by atoms with Crippen LogP contribution in [0, 0.1) is 0 Å². The summed E-state index contributed by atoms with van der Waals surface area (Å²) in [5.74, 6) is 0.883. The van der Waals surface area contributed by atoms with E-state index in [1.807, 2.05) is 6.26 Å². The van der Waals surface area contributed by atoms with Crippen molar-refractivity contribution in [3.05, 3.63) is 53.7 Å². The van der Waals surface area contributed by atoms with E-state index in [1.165, 1.54) is 11.8 Å². The van der Waals surface area contributed by atoms with Crippen LogP contribution in [0.3, 0.4) is 0 Å². The lowest BCUT2D eigenvalue weighted by atomic mass is 10.2. The Balaban J connectivity index is 1.76. The van der Waals surface area contributed by atoms with E-state index in [2.05, 4.69) is 10.3 Å². The van der Waals surface area contributed by atoms with Crippen LogP contribution in [0.1, 0.15) is 27.8 Å². The molecule has 0 atom stereocenters. The van der Waals surface area contributed by atoms with E-state index in [4.69, 9.17) is 18.9 Å². The highest BCUT2D eigenvalue weighted by molar-refractivity contribution is 7.98. The first kappa shape index (κ1) is 21.6. The van der Waals surface area contributed by atoms with E-state index in [9.17, 15) is 9.59 Å². The molecule has 10 heteroatoms. The third kappa shape index (κ3) is 4.09. The molecule has 3 aromatic rings. The summed E-state index contributed by atoms with van der Waals surface area (Å²) in [4.78, 5) is 30.3. The highest BCUT2D eigenvalue weighted by Gasteiger charge is 2.28. The molecule has 2 aromatic carbocycles. The number of esters is 1. The molecule has 0 aliphatic carbocycles. The summed E-state index contributed by atoms with van der Waals surface area (Å²) < 4.78 is 22.9. The van der Waals surface area contributed by atoms with Crippen molar-refractivity contribution in [2.75, 3.05) is 32.1 Å². The Bertz CT molecular complexity index is 1160. The quantitative estimate of drug-likeness (QED) is 0.425. The van der Waals surface area contributed by atoms with Crippen molar-refractivity contribution in [1.29, 1.82) is 0 Å². The van der Waals surface area contributed by atoms with Crippen molar-refractivity contribution < 1.29 is 28.5 Å². The summed E-state index contributed by atoms with van der Waals surface area (Å²) in [6.07, 6.45) is 1.83. The molecule has 0 saturated heterocycles. The molecule has 0 unspecified atom stereocenters. The van der Waals surface area contributed by atoms with Crippen molar-refractivity contribution in [3.8, 4) is 22.9 Å². The van der Waals surface area contributed by atoms with Crippen molar-refractivity contribution in [1.82, 2.24) is 9.55 Å². The summed E-state index contributed by atoms with van der Waals surface area (Å²) in [5, 5.41) is 3.24. The third-order valence-electron chi connectivity index (χ3n) is 4.70. The number of thioether (sulfide) groups is 1. The molecule has 0 bridgehead atoms. The minimum Gasteiger partial charge on any atom is -0.497 e. The van der Waals surface area contributed by atoms with Crippen LogP contribution in [0.4, 0.5) is 5.82 Å². The molecule has 0 fully saturated rings. The number of carbonyl (C=O) groups is 2. The number of nitrogens with one attached hydrogen (secondary N) is 1. The maximum absolute atomic E-state index is 12.9. The van der Waals surface area contributed by atoms with Crippen LogP contribution in [-0.2, 0) is 4.74 Å². The monoisotopic (exact) mass is 455 g/mol. The molecular formula is C22H21N3O6S. The number of benzene rings is 2. The molecule has 9 nitrogen and oxygen atoms in total. The normalized spacial score (nSPS) is 11.8. The second-order valence-corrected chi connectivity index (χ2v) is 7.35. The largest absolute Gasteiger partial charge is 0.497 e. The molecule has 166 valence electrons. The Hall–Kier alpha value is -3.66. The molecule has 0 saturated carbocycles. The van der Waals surface area contributed by atoms with Gasteiger partial charge >= 0.3 is 5.97 Å². The average Bonchev–Trinajstić information content (AvgIpc) is 3.43. The van der Waals surface area contributed by atoms with Crippen LogP contribution in [0.2, 0.25) is 0 Å². The highest BCUT2D eigenvalue weighted by atomic mass is 32.2. The fraction of sp³-hybridized carbons (Fsp3) is 0.227. The second-order valence-electron chi connectivity index (χ2n) is 6.57.